The third-order valence-electron chi connectivity index (χ3n) is 17.0. The summed E-state index contributed by atoms with van der Waals surface area (Å²) in [5.41, 5.74) is 0. The summed E-state index contributed by atoms with van der Waals surface area (Å²) < 4.78 is 68.6. The zero-order chi connectivity index (χ0) is 78.9. The largest absolute Gasteiger partial charge is 0.472 e. The van der Waals surface area contributed by atoms with Crippen LogP contribution in [0.4, 0.5) is 0 Å². The highest BCUT2D eigenvalue weighted by Gasteiger charge is 2.30. The third kappa shape index (κ3) is 78.8. The van der Waals surface area contributed by atoms with Gasteiger partial charge in [-0.2, -0.15) is 0 Å². The van der Waals surface area contributed by atoms with Gasteiger partial charge in [-0.25, -0.2) is 9.13 Å². The van der Waals surface area contributed by atoms with Crippen LogP contribution in [0.2, 0.25) is 0 Å². The summed E-state index contributed by atoms with van der Waals surface area (Å²) >= 11 is 0. The summed E-state index contributed by atoms with van der Waals surface area (Å²) in [6.45, 7) is 4.56. The van der Waals surface area contributed by atoms with E-state index in [1.165, 1.54) is 57.8 Å². The van der Waals surface area contributed by atoms with Gasteiger partial charge >= 0.3 is 39.5 Å². The quantitative estimate of drug-likeness (QED) is 0.0169. The minimum atomic E-state index is -5.01. The normalized spacial score (nSPS) is 14.6. The summed E-state index contributed by atoms with van der Waals surface area (Å²) in [6.07, 6.45) is 93.6. The SMILES string of the molecule is CC/C=C\C/C=C\C/C=C\C/C=C\C/C=C\C/C=C\CCC(=O)OCC(COP(=O)(O)OCC(O)COP(=O)(O)OCC(COC(=O)CCCCCCCC/C=C\C/C=C\C/C=C\CCCCC)OC(=O)CCCCCCC/C=C\C/C=C\CCCCC)OC(=O)CCCCCCC/C=C\C/C=C\CCCCC. The third-order valence-corrected chi connectivity index (χ3v) is 18.9. The van der Waals surface area contributed by atoms with E-state index in [9.17, 15) is 43.2 Å². The van der Waals surface area contributed by atoms with Gasteiger partial charge in [0.2, 0.25) is 0 Å². The van der Waals surface area contributed by atoms with Crippen LogP contribution in [0.3, 0.4) is 0 Å². The molecule has 0 aliphatic heterocycles. The molecule has 0 spiro atoms. The van der Waals surface area contributed by atoms with Crippen molar-refractivity contribution in [3.63, 3.8) is 0 Å². The van der Waals surface area contributed by atoms with Crippen LogP contribution in [-0.4, -0.2) is 96.7 Å². The highest BCUT2D eigenvalue weighted by molar-refractivity contribution is 7.47. The van der Waals surface area contributed by atoms with Crippen molar-refractivity contribution in [3.8, 4) is 0 Å². The van der Waals surface area contributed by atoms with E-state index in [-0.39, 0.29) is 25.7 Å². The zero-order valence-corrected chi connectivity index (χ0v) is 69.3. The van der Waals surface area contributed by atoms with Gasteiger partial charge in [0, 0.05) is 25.7 Å². The fraction of sp³-hybridized carbons (Fsp3) is 0.663. The highest BCUT2D eigenvalue weighted by atomic mass is 31.2. The monoisotopic (exact) mass is 1550 g/mol. The lowest BCUT2D eigenvalue weighted by Gasteiger charge is -2.21. The van der Waals surface area contributed by atoms with Crippen LogP contribution in [0.25, 0.3) is 0 Å². The predicted octanol–water partition coefficient (Wildman–Crippen LogP) is 24.8. The van der Waals surface area contributed by atoms with Gasteiger partial charge in [-0.15, -0.1) is 0 Å². The molecule has 0 heterocycles. The molecule has 0 saturated carbocycles. The molecule has 0 bridgehead atoms. The minimum absolute atomic E-state index is 0.0282. The van der Waals surface area contributed by atoms with Crippen molar-refractivity contribution in [1.29, 1.82) is 0 Å². The topological polar surface area (TPSA) is 237 Å². The number of phosphoric ester groups is 2. The highest BCUT2D eigenvalue weighted by Crippen LogP contribution is 2.45. The number of rotatable bonds is 77. The number of aliphatic hydroxyl groups excluding tert-OH is 1. The first-order valence-electron chi connectivity index (χ1n) is 41.7. The van der Waals surface area contributed by atoms with Crippen molar-refractivity contribution in [2.75, 3.05) is 39.6 Å². The Morgan fingerprint density at radius 2 is 0.500 bits per heavy atom. The standard InChI is InChI=1S/C89H148O17P2/c1-5-9-13-17-21-25-29-33-37-39-41-43-47-49-53-57-61-65-69-73-86(91)99-79-84(105-88(93)75-71-67-63-59-55-51-45-35-31-27-23-19-15-11-7-3)81-103-107(95,96)101-77-83(90)78-102-108(97,98)104-82-85(106-89(94)76-72-68-64-60-56-52-46-36-32-28-24-20-16-12-8-4)80-100-87(92)74-70-66-62-58-54-50-48-44-42-40-38-34-30-26-22-18-14-10-6-2/h9,13,21-28,33-38,41-46,49,53,61,65,83-85,90H,5-8,10-12,14-20,29-32,39-40,47-48,50-52,54-60,62-64,66-82H2,1-4H3,(H,95,96)(H,97,98)/b13-9-,25-21-,26-22-,27-23-,28-24-,37-33-,38-34-,43-41-,44-42-,45-35-,46-36-,53-49-,65-61-. The fourth-order valence-corrected chi connectivity index (χ4v) is 12.2. The average Bonchev–Trinajstić information content (AvgIpc) is 0.923. The molecule has 0 amide bonds. The molecule has 0 aromatic heterocycles. The lowest BCUT2D eigenvalue weighted by Crippen LogP contribution is -2.30. The van der Waals surface area contributed by atoms with E-state index in [0.29, 0.717) is 32.1 Å². The number of allylic oxidation sites excluding steroid dienone is 26. The van der Waals surface area contributed by atoms with Crippen molar-refractivity contribution in [2.45, 2.75) is 341 Å². The molecule has 0 aliphatic rings. The van der Waals surface area contributed by atoms with E-state index in [1.807, 2.05) is 18.2 Å². The summed E-state index contributed by atoms with van der Waals surface area (Å²) in [7, 11) is -10.0. The van der Waals surface area contributed by atoms with Crippen LogP contribution in [0, 0.1) is 0 Å². The van der Waals surface area contributed by atoms with Gasteiger partial charge < -0.3 is 33.8 Å². The van der Waals surface area contributed by atoms with Crippen LogP contribution < -0.4 is 0 Å². The van der Waals surface area contributed by atoms with Gasteiger partial charge in [0.05, 0.1) is 26.4 Å². The molecule has 0 rings (SSSR count). The molecule has 0 radical (unpaired) electrons. The molecule has 0 aromatic rings. The first kappa shape index (κ1) is 103. The maximum absolute atomic E-state index is 13.1. The number of unbranched alkanes of at least 4 members (excludes halogenated alkanes) is 25. The summed E-state index contributed by atoms with van der Waals surface area (Å²) in [5, 5.41) is 10.7. The van der Waals surface area contributed by atoms with Crippen molar-refractivity contribution in [1.82, 2.24) is 0 Å². The lowest BCUT2D eigenvalue weighted by molar-refractivity contribution is -0.161. The number of aliphatic hydroxyl groups is 1. The Hall–Kier alpha value is -5.32. The number of carbonyl (C=O) groups excluding carboxylic acids is 4. The van der Waals surface area contributed by atoms with Crippen LogP contribution in [0.15, 0.2) is 158 Å². The van der Waals surface area contributed by atoms with E-state index in [0.717, 1.165) is 180 Å². The second kappa shape index (κ2) is 79.8. The zero-order valence-electron chi connectivity index (χ0n) is 67.5. The molecular formula is C89H148O17P2. The molecule has 5 atom stereocenters. The minimum Gasteiger partial charge on any atom is -0.462 e. The molecular weight excluding hydrogens is 1400 g/mol. The van der Waals surface area contributed by atoms with Gasteiger partial charge in [0.25, 0.3) is 0 Å². The number of hydrogen-bond acceptors (Lipinski definition) is 15. The molecule has 0 aliphatic carbocycles. The Labute approximate surface area is 655 Å². The number of phosphoric acid groups is 2. The summed E-state index contributed by atoms with van der Waals surface area (Å²) in [6, 6.07) is 0. The first-order valence-corrected chi connectivity index (χ1v) is 44.7. The van der Waals surface area contributed by atoms with E-state index >= 15 is 0 Å². The molecule has 17 nitrogen and oxygen atoms in total. The first-order chi connectivity index (χ1) is 52.7. The Morgan fingerprint density at radius 1 is 0.269 bits per heavy atom. The van der Waals surface area contributed by atoms with Gasteiger partial charge in [-0.3, -0.25) is 37.3 Å². The molecule has 3 N–H and O–H groups in total. The Bertz CT molecular complexity index is 2660. The van der Waals surface area contributed by atoms with E-state index < -0.39 is 97.5 Å². The van der Waals surface area contributed by atoms with Crippen molar-refractivity contribution >= 4 is 39.5 Å². The van der Waals surface area contributed by atoms with Crippen molar-refractivity contribution in [3.05, 3.63) is 158 Å². The summed E-state index contributed by atoms with van der Waals surface area (Å²) in [4.78, 5) is 73.1. The molecule has 5 unspecified atom stereocenters. The Kier molecular flexibility index (Phi) is 75.8. The Balaban J connectivity index is 5.47. The summed E-state index contributed by atoms with van der Waals surface area (Å²) in [5.74, 6) is -2.32. The van der Waals surface area contributed by atoms with Gasteiger partial charge in [0.1, 0.15) is 19.3 Å². The maximum atomic E-state index is 13.1. The average molecular weight is 1550 g/mol. The fourth-order valence-electron chi connectivity index (χ4n) is 10.6. The van der Waals surface area contributed by atoms with E-state index in [4.69, 9.17) is 37.0 Å². The molecule has 616 valence electrons. The second-order valence-corrected chi connectivity index (χ2v) is 30.2. The molecule has 0 fully saturated rings. The molecule has 0 saturated heterocycles. The van der Waals surface area contributed by atoms with Crippen LogP contribution in [0.1, 0.15) is 323 Å². The number of carbonyl (C=O) groups is 4. The maximum Gasteiger partial charge on any atom is 0.472 e. The van der Waals surface area contributed by atoms with Crippen LogP contribution >= 0.6 is 15.6 Å². The predicted molar refractivity (Wildman–Crippen MR) is 445 cm³/mol. The van der Waals surface area contributed by atoms with Gasteiger partial charge in [0.15, 0.2) is 12.2 Å². The number of hydrogen-bond donors (Lipinski definition) is 3. The van der Waals surface area contributed by atoms with Crippen LogP contribution in [-0.2, 0) is 65.4 Å². The number of esters is 4. The lowest BCUT2D eigenvalue weighted by atomic mass is 10.1. The molecule has 19 heteroatoms. The van der Waals surface area contributed by atoms with Gasteiger partial charge in [-0.1, -0.05) is 288 Å². The van der Waals surface area contributed by atoms with Crippen molar-refractivity contribution in [2.24, 2.45) is 0 Å². The van der Waals surface area contributed by atoms with E-state index in [2.05, 4.69) is 167 Å². The van der Waals surface area contributed by atoms with Gasteiger partial charge in [-0.05, 0) is 167 Å². The second-order valence-electron chi connectivity index (χ2n) is 27.3. The number of ether oxygens (including phenoxy) is 4. The Morgan fingerprint density at radius 3 is 0.796 bits per heavy atom. The van der Waals surface area contributed by atoms with Crippen LogP contribution in [0.5, 0.6) is 0 Å². The smallest absolute Gasteiger partial charge is 0.462 e. The molecule has 108 heavy (non-hydrogen) atoms. The molecule has 0 aromatic carbocycles. The van der Waals surface area contributed by atoms with E-state index in [1.54, 1.807) is 0 Å². The van der Waals surface area contributed by atoms with Crippen molar-refractivity contribution < 1.29 is 80.2 Å².